The largest absolute Gasteiger partial charge is 0.497 e. The zero-order valence-corrected chi connectivity index (χ0v) is 26.1. The van der Waals surface area contributed by atoms with Crippen LogP contribution in [0.15, 0.2) is 66.2 Å². The molecule has 0 aliphatic carbocycles. The SMILES string of the molecule is COc1cccc(C(C)(C)CC(=O)NC(C(=O)N(C)C/C=C(\C)C(=O)NS(=O)(=O)Cc2ccccc2)C(C)(C)C)c1. The third-order valence-corrected chi connectivity index (χ3v) is 7.94. The average Bonchev–Trinajstić information content (AvgIpc) is 2.88. The summed E-state index contributed by atoms with van der Waals surface area (Å²) >= 11 is 0. The molecule has 0 heterocycles. The number of rotatable bonds is 12. The lowest BCUT2D eigenvalue weighted by Crippen LogP contribution is -2.54. The van der Waals surface area contributed by atoms with E-state index in [9.17, 15) is 22.8 Å². The summed E-state index contributed by atoms with van der Waals surface area (Å²) < 4.78 is 32.2. The van der Waals surface area contributed by atoms with E-state index in [0.29, 0.717) is 11.3 Å². The van der Waals surface area contributed by atoms with Crippen molar-refractivity contribution in [2.75, 3.05) is 20.7 Å². The van der Waals surface area contributed by atoms with Gasteiger partial charge < -0.3 is 15.0 Å². The van der Waals surface area contributed by atoms with E-state index in [1.807, 2.05) is 58.9 Å². The van der Waals surface area contributed by atoms with E-state index in [0.717, 1.165) is 5.56 Å². The van der Waals surface area contributed by atoms with Crippen LogP contribution in [-0.4, -0.2) is 57.8 Å². The highest BCUT2D eigenvalue weighted by atomic mass is 32.2. The topological polar surface area (TPSA) is 122 Å². The molecule has 0 saturated heterocycles. The molecule has 0 radical (unpaired) electrons. The minimum Gasteiger partial charge on any atom is -0.497 e. The maximum absolute atomic E-state index is 13.4. The van der Waals surface area contributed by atoms with Gasteiger partial charge in [-0.2, -0.15) is 0 Å². The average molecular weight is 586 g/mol. The molecule has 2 rings (SSSR count). The van der Waals surface area contributed by atoms with E-state index in [4.69, 9.17) is 4.74 Å². The Morgan fingerprint density at radius 2 is 1.63 bits per heavy atom. The highest BCUT2D eigenvalue weighted by Crippen LogP contribution is 2.30. The van der Waals surface area contributed by atoms with Gasteiger partial charge in [-0.15, -0.1) is 0 Å². The van der Waals surface area contributed by atoms with Crippen molar-refractivity contribution in [3.05, 3.63) is 77.4 Å². The van der Waals surface area contributed by atoms with Crippen molar-refractivity contribution >= 4 is 27.7 Å². The minimum atomic E-state index is -3.89. The normalized spacial score (nSPS) is 13.2. The molecule has 9 nitrogen and oxygen atoms in total. The lowest BCUT2D eigenvalue weighted by atomic mass is 9.80. The highest BCUT2D eigenvalue weighted by molar-refractivity contribution is 7.89. The van der Waals surface area contributed by atoms with Crippen LogP contribution in [0.4, 0.5) is 0 Å². The van der Waals surface area contributed by atoms with Gasteiger partial charge in [-0.3, -0.25) is 14.4 Å². The van der Waals surface area contributed by atoms with Crippen LogP contribution >= 0.6 is 0 Å². The van der Waals surface area contributed by atoms with E-state index in [2.05, 4.69) is 10.0 Å². The van der Waals surface area contributed by atoms with Crippen LogP contribution in [0.5, 0.6) is 5.75 Å². The van der Waals surface area contributed by atoms with Crippen LogP contribution in [0, 0.1) is 5.41 Å². The monoisotopic (exact) mass is 585 g/mol. The first kappa shape index (κ1) is 33.5. The number of carbonyl (C=O) groups is 3. The second kappa shape index (κ2) is 13.8. The molecule has 0 aliphatic rings. The Hall–Kier alpha value is -3.66. The number of benzene rings is 2. The highest BCUT2D eigenvalue weighted by Gasteiger charge is 2.36. The molecule has 2 aromatic carbocycles. The Morgan fingerprint density at radius 1 is 1.00 bits per heavy atom. The standard InChI is InChI=1S/C31H43N3O6S/c1-22(28(36)33-41(38,39)21-23-13-10-9-11-14-23)17-18-34(7)29(37)27(30(2,3)4)32-26(35)20-31(5,6)24-15-12-16-25(19-24)40-8/h9-17,19,27H,18,20-21H2,1-8H3,(H,32,35)(H,33,36)/b22-17+. The maximum atomic E-state index is 13.4. The summed E-state index contributed by atoms with van der Waals surface area (Å²) in [6.45, 7) is 11.0. The number of amides is 3. The Morgan fingerprint density at radius 3 is 2.22 bits per heavy atom. The molecule has 41 heavy (non-hydrogen) atoms. The fraction of sp³-hybridized carbons (Fsp3) is 0.452. The fourth-order valence-corrected chi connectivity index (χ4v) is 5.28. The van der Waals surface area contributed by atoms with Crippen LogP contribution in [0.3, 0.4) is 0 Å². The van der Waals surface area contributed by atoms with Gasteiger partial charge in [0.05, 0.1) is 12.9 Å². The number of hydrogen-bond donors (Lipinski definition) is 2. The van der Waals surface area contributed by atoms with Gasteiger partial charge in [0.15, 0.2) is 0 Å². The van der Waals surface area contributed by atoms with E-state index in [1.54, 1.807) is 44.5 Å². The molecule has 0 aliphatic heterocycles. The van der Waals surface area contributed by atoms with Gasteiger partial charge in [-0.05, 0) is 41.0 Å². The van der Waals surface area contributed by atoms with Gasteiger partial charge in [0.2, 0.25) is 21.8 Å². The number of hydrogen-bond acceptors (Lipinski definition) is 6. The number of nitrogens with one attached hydrogen (secondary N) is 2. The van der Waals surface area contributed by atoms with Crippen molar-refractivity contribution in [1.82, 2.24) is 14.9 Å². The number of carbonyl (C=O) groups excluding carboxylic acids is 3. The Bertz CT molecular complexity index is 1360. The quantitative estimate of drug-likeness (QED) is 0.364. The molecular formula is C31H43N3O6S. The lowest BCUT2D eigenvalue weighted by molar-refractivity contribution is -0.138. The van der Waals surface area contributed by atoms with E-state index in [-0.39, 0.29) is 36.1 Å². The Balaban J connectivity index is 2.05. The molecule has 3 amide bonds. The van der Waals surface area contributed by atoms with Gasteiger partial charge in [0.25, 0.3) is 5.91 Å². The van der Waals surface area contributed by atoms with Gasteiger partial charge >= 0.3 is 0 Å². The van der Waals surface area contributed by atoms with Crippen molar-refractivity contribution < 1.29 is 27.5 Å². The molecular weight excluding hydrogens is 542 g/mol. The molecule has 0 aromatic heterocycles. The van der Waals surface area contributed by atoms with Crippen molar-refractivity contribution in [3.8, 4) is 5.75 Å². The van der Waals surface area contributed by atoms with E-state index >= 15 is 0 Å². The van der Waals surface area contributed by atoms with Crippen LogP contribution in [-0.2, 0) is 35.6 Å². The van der Waals surface area contributed by atoms with E-state index in [1.165, 1.54) is 17.9 Å². The molecule has 224 valence electrons. The number of sulfonamides is 1. The van der Waals surface area contributed by atoms with E-state index < -0.39 is 32.8 Å². The predicted molar refractivity (Wildman–Crippen MR) is 161 cm³/mol. The van der Waals surface area contributed by atoms with Gasteiger partial charge in [0.1, 0.15) is 11.8 Å². The second-order valence-electron chi connectivity index (χ2n) is 11.9. The second-order valence-corrected chi connectivity index (χ2v) is 13.7. The molecule has 0 saturated carbocycles. The van der Waals surface area contributed by atoms with Gasteiger partial charge in [0, 0.05) is 25.6 Å². The number of methoxy groups -OCH3 is 1. The van der Waals surface area contributed by atoms with Crippen molar-refractivity contribution in [3.63, 3.8) is 0 Å². The molecule has 1 unspecified atom stereocenters. The van der Waals surface area contributed by atoms with Crippen molar-refractivity contribution in [2.45, 2.75) is 65.2 Å². The first-order valence-corrected chi connectivity index (χ1v) is 15.0. The van der Waals surface area contributed by atoms with Crippen LogP contribution < -0.4 is 14.8 Å². The van der Waals surface area contributed by atoms with Crippen molar-refractivity contribution in [1.29, 1.82) is 0 Å². The van der Waals surface area contributed by atoms with Crippen LogP contribution in [0.25, 0.3) is 0 Å². The summed E-state index contributed by atoms with van der Waals surface area (Å²) in [5, 5.41) is 2.92. The number of nitrogens with zero attached hydrogens (tertiary/aromatic N) is 1. The summed E-state index contributed by atoms with van der Waals surface area (Å²) in [4.78, 5) is 40.5. The van der Waals surface area contributed by atoms with Crippen LogP contribution in [0.1, 0.15) is 59.1 Å². The van der Waals surface area contributed by atoms with Crippen LogP contribution in [0.2, 0.25) is 0 Å². The number of ether oxygens (including phenoxy) is 1. The molecule has 2 aromatic rings. The predicted octanol–water partition coefficient (Wildman–Crippen LogP) is 3.94. The first-order chi connectivity index (χ1) is 18.9. The Labute approximate surface area is 244 Å². The summed E-state index contributed by atoms with van der Waals surface area (Å²) in [5.41, 5.74) is 0.541. The molecule has 0 spiro atoms. The molecule has 10 heteroatoms. The molecule has 0 bridgehead atoms. The smallest absolute Gasteiger partial charge is 0.260 e. The minimum absolute atomic E-state index is 0.0502. The maximum Gasteiger partial charge on any atom is 0.260 e. The molecule has 1 atom stereocenters. The number of likely N-dealkylation sites (N-methyl/N-ethyl adjacent to an activating group) is 1. The zero-order valence-electron chi connectivity index (χ0n) is 25.3. The molecule has 2 N–H and O–H groups in total. The summed E-state index contributed by atoms with van der Waals surface area (Å²) in [7, 11) is -0.735. The third-order valence-electron chi connectivity index (χ3n) is 6.73. The summed E-state index contributed by atoms with van der Waals surface area (Å²) in [6.07, 6.45) is 1.64. The summed E-state index contributed by atoms with van der Waals surface area (Å²) in [5.74, 6) is -0.985. The first-order valence-electron chi connectivity index (χ1n) is 13.4. The van der Waals surface area contributed by atoms with Crippen molar-refractivity contribution in [2.24, 2.45) is 5.41 Å². The lowest BCUT2D eigenvalue weighted by Gasteiger charge is -2.34. The fourth-order valence-electron chi connectivity index (χ4n) is 4.14. The Kier molecular flexibility index (Phi) is 11.3. The summed E-state index contributed by atoms with van der Waals surface area (Å²) in [6, 6.07) is 15.3. The molecule has 0 fully saturated rings. The zero-order chi connectivity index (χ0) is 31.0. The van der Waals surface area contributed by atoms with Gasteiger partial charge in [-0.1, -0.05) is 83.2 Å². The third kappa shape index (κ3) is 10.4. The van der Waals surface area contributed by atoms with Gasteiger partial charge in [-0.25, -0.2) is 13.1 Å².